The smallest absolute Gasteiger partial charge is 0.163 e. The normalized spacial score (nSPS) is 12.4. The van der Waals surface area contributed by atoms with Crippen molar-refractivity contribution in [3.63, 3.8) is 0 Å². The Morgan fingerprint density at radius 2 is 1.70 bits per heavy atom. The van der Waals surface area contributed by atoms with Crippen LogP contribution in [0.1, 0.15) is 12.8 Å². The Morgan fingerprint density at radius 3 is 2.25 bits per heavy atom. The van der Waals surface area contributed by atoms with Gasteiger partial charge in [-0.1, -0.05) is 12.1 Å². The van der Waals surface area contributed by atoms with Gasteiger partial charge < -0.3 is 10.6 Å². The Bertz CT molecular complexity index is 634. The van der Waals surface area contributed by atoms with Crippen molar-refractivity contribution in [3.05, 3.63) is 35.5 Å². The lowest BCUT2D eigenvalue weighted by Crippen LogP contribution is -2.07. The summed E-state index contributed by atoms with van der Waals surface area (Å²) in [6.07, 6.45) is 2.50. The van der Waals surface area contributed by atoms with Crippen LogP contribution in [0, 0.1) is 39.9 Å². The molecule has 1 aromatic carbocycles. The van der Waals surface area contributed by atoms with Gasteiger partial charge in [-0.25, -0.2) is 0 Å². The number of nitriles is 3. The van der Waals surface area contributed by atoms with Gasteiger partial charge in [0.05, 0.1) is 11.4 Å². The van der Waals surface area contributed by atoms with E-state index in [0.29, 0.717) is 5.69 Å². The maximum atomic E-state index is 9.05. The highest BCUT2D eigenvalue weighted by molar-refractivity contribution is 5.72. The molecular weight excluding hydrogens is 250 g/mol. The Morgan fingerprint density at radius 1 is 1.05 bits per heavy atom. The van der Waals surface area contributed by atoms with Crippen LogP contribution in [-0.4, -0.2) is 6.54 Å². The van der Waals surface area contributed by atoms with Gasteiger partial charge in [-0.2, -0.15) is 15.8 Å². The second kappa shape index (κ2) is 6.27. The first-order chi connectivity index (χ1) is 9.78. The quantitative estimate of drug-likeness (QED) is 0.796. The zero-order chi connectivity index (χ0) is 14.4. The van der Waals surface area contributed by atoms with Gasteiger partial charge in [0, 0.05) is 6.54 Å². The standard InChI is InChI=1S/C15H13N5/c16-7-12(8-17)15(9-18)20-14-4-2-1-3-13(14)19-10-11-5-6-11/h1-4,11,19-20H,5-6,10H2. The molecule has 98 valence electrons. The van der Waals surface area contributed by atoms with E-state index in [0.717, 1.165) is 18.2 Å². The number of hydrogen-bond acceptors (Lipinski definition) is 5. The molecule has 0 amide bonds. The third-order valence-electron chi connectivity index (χ3n) is 3.05. The average molecular weight is 263 g/mol. The van der Waals surface area contributed by atoms with Crippen LogP contribution in [0.3, 0.4) is 0 Å². The van der Waals surface area contributed by atoms with Crippen molar-refractivity contribution >= 4 is 11.4 Å². The second-order valence-corrected chi connectivity index (χ2v) is 4.58. The van der Waals surface area contributed by atoms with Crippen LogP contribution in [-0.2, 0) is 0 Å². The highest BCUT2D eigenvalue weighted by Gasteiger charge is 2.21. The topological polar surface area (TPSA) is 95.4 Å². The maximum absolute atomic E-state index is 9.05. The fraction of sp³-hybridized carbons (Fsp3) is 0.267. The van der Waals surface area contributed by atoms with Gasteiger partial charge in [0.1, 0.15) is 23.9 Å². The van der Waals surface area contributed by atoms with E-state index in [1.165, 1.54) is 12.8 Å². The fourth-order valence-electron chi connectivity index (χ4n) is 1.74. The lowest BCUT2D eigenvalue weighted by Gasteiger charge is -2.12. The second-order valence-electron chi connectivity index (χ2n) is 4.58. The molecule has 0 heterocycles. The van der Waals surface area contributed by atoms with Gasteiger partial charge in [0.15, 0.2) is 5.57 Å². The van der Waals surface area contributed by atoms with Gasteiger partial charge in [0.2, 0.25) is 0 Å². The lowest BCUT2D eigenvalue weighted by atomic mass is 10.2. The van der Waals surface area contributed by atoms with Crippen LogP contribution in [0.2, 0.25) is 0 Å². The minimum Gasteiger partial charge on any atom is -0.383 e. The Balaban J connectivity index is 2.20. The summed E-state index contributed by atoms with van der Waals surface area (Å²) in [5.74, 6) is 0.725. The van der Waals surface area contributed by atoms with Crippen molar-refractivity contribution in [2.24, 2.45) is 5.92 Å². The number of benzene rings is 1. The minimum atomic E-state index is -0.218. The summed E-state index contributed by atoms with van der Waals surface area (Å²) in [5, 5.41) is 32.9. The van der Waals surface area contributed by atoms with Crippen molar-refractivity contribution in [1.29, 1.82) is 15.8 Å². The minimum absolute atomic E-state index is 0.0318. The molecule has 0 saturated heterocycles. The molecule has 0 aliphatic heterocycles. The molecule has 0 spiro atoms. The summed E-state index contributed by atoms with van der Waals surface area (Å²) in [6.45, 7) is 0.896. The molecule has 0 aromatic heterocycles. The summed E-state index contributed by atoms with van der Waals surface area (Å²) < 4.78 is 0. The lowest BCUT2D eigenvalue weighted by molar-refractivity contribution is 0.889. The van der Waals surface area contributed by atoms with Gasteiger partial charge in [0.25, 0.3) is 0 Å². The summed E-state index contributed by atoms with van der Waals surface area (Å²) in [7, 11) is 0. The predicted molar refractivity (Wildman–Crippen MR) is 75.1 cm³/mol. The molecular formula is C15H13N5. The molecule has 5 nitrogen and oxygen atoms in total. The Labute approximate surface area is 117 Å². The van der Waals surface area contributed by atoms with E-state index in [-0.39, 0.29) is 11.3 Å². The first kappa shape index (κ1) is 13.5. The van der Waals surface area contributed by atoms with E-state index in [1.807, 2.05) is 24.3 Å². The van der Waals surface area contributed by atoms with Crippen LogP contribution in [0.15, 0.2) is 35.5 Å². The molecule has 1 aliphatic rings. The van der Waals surface area contributed by atoms with Crippen LogP contribution in [0.25, 0.3) is 0 Å². The molecule has 0 radical (unpaired) electrons. The molecule has 2 N–H and O–H groups in total. The largest absolute Gasteiger partial charge is 0.383 e. The molecule has 1 aliphatic carbocycles. The molecule has 1 fully saturated rings. The predicted octanol–water partition coefficient (Wildman–Crippen LogP) is 2.75. The summed E-state index contributed by atoms with van der Waals surface area (Å²) >= 11 is 0. The van der Waals surface area contributed by atoms with Crippen LogP contribution in [0.5, 0.6) is 0 Å². The fourth-order valence-corrected chi connectivity index (χ4v) is 1.74. The van der Waals surface area contributed by atoms with Gasteiger partial charge in [-0.15, -0.1) is 0 Å². The van der Waals surface area contributed by atoms with Gasteiger partial charge >= 0.3 is 0 Å². The first-order valence-corrected chi connectivity index (χ1v) is 6.33. The van der Waals surface area contributed by atoms with E-state index in [1.54, 1.807) is 18.2 Å². The van der Waals surface area contributed by atoms with E-state index in [4.69, 9.17) is 15.8 Å². The van der Waals surface area contributed by atoms with Crippen molar-refractivity contribution < 1.29 is 0 Å². The van der Waals surface area contributed by atoms with E-state index in [9.17, 15) is 0 Å². The van der Waals surface area contributed by atoms with Gasteiger partial charge in [-0.05, 0) is 30.9 Å². The number of nitrogens with zero attached hydrogens (tertiary/aromatic N) is 3. The Kier molecular flexibility index (Phi) is 4.22. The first-order valence-electron chi connectivity index (χ1n) is 6.33. The van der Waals surface area contributed by atoms with Gasteiger partial charge in [-0.3, -0.25) is 0 Å². The molecule has 1 saturated carbocycles. The number of allylic oxidation sites excluding steroid dienone is 2. The zero-order valence-corrected chi connectivity index (χ0v) is 10.8. The highest BCUT2D eigenvalue weighted by atomic mass is 15.0. The number of anilines is 2. The van der Waals surface area contributed by atoms with E-state index >= 15 is 0 Å². The Hall–Kier alpha value is -2.97. The monoisotopic (exact) mass is 263 g/mol. The third-order valence-corrected chi connectivity index (χ3v) is 3.05. The molecule has 20 heavy (non-hydrogen) atoms. The van der Waals surface area contributed by atoms with E-state index < -0.39 is 0 Å². The summed E-state index contributed by atoms with van der Waals surface area (Å²) in [5.41, 5.74) is 1.30. The number of hydrogen-bond donors (Lipinski definition) is 2. The third kappa shape index (κ3) is 3.28. The summed E-state index contributed by atoms with van der Waals surface area (Å²) in [4.78, 5) is 0. The van der Waals surface area contributed by atoms with Crippen molar-refractivity contribution in [2.45, 2.75) is 12.8 Å². The number of nitrogens with one attached hydrogen (secondary N) is 2. The number of rotatable bonds is 5. The highest BCUT2D eigenvalue weighted by Crippen LogP contribution is 2.30. The van der Waals surface area contributed by atoms with Crippen molar-refractivity contribution in [2.75, 3.05) is 17.2 Å². The molecule has 0 atom stereocenters. The summed E-state index contributed by atoms with van der Waals surface area (Å²) in [6, 6.07) is 12.7. The zero-order valence-electron chi connectivity index (χ0n) is 10.8. The van der Waals surface area contributed by atoms with Crippen LogP contribution >= 0.6 is 0 Å². The number of para-hydroxylation sites is 2. The SMILES string of the molecule is N#CC(C#N)=C(C#N)Nc1ccccc1NCC1CC1. The average Bonchev–Trinajstić information content (AvgIpc) is 3.30. The van der Waals surface area contributed by atoms with Crippen LogP contribution < -0.4 is 10.6 Å². The molecule has 5 heteroatoms. The molecule has 0 unspecified atom stereocenters. The van der Waals surface area contributed by atoms with Crippen LogP contribution in [0.4, 0.5) is 11.4 Å². The molecule has 0 bridgehead atoms. The molecule has 1 aromatic rings. The molecule has 2 rings (SSSR count). The van der Waals surface area contributed by atoms with E-state index in [2.05, 4.69) is 10.6 Å². The van der Waals surface area contributed by atoms with Crippen molar-refractivity contribution in [3.8, 4) is 18.2 Å². The van der Waals surface area contributed by atoms with Crippen molar-refractivity contribution in [1.82, 2.24) is 0 Å². The maximum Gasteiger partial charge on any atom is 0.163 e.